The minimum absolute atomic E-state index is 0.0383. The van der Waals surface area contributed by atoms with Crippen LogP contribution in [0, 0.1) is 40.4 Å². The molecule has 2 heterocycles. The van der Waals surface area contributed by atoms with Crippen LogP contribution in [-0.2, 0) is 4.79 Å². The van der Waals surface area contributed by atoms with E-state index in [1.165, 1.54) is 38.3 Å². The summed E-state index contributed by atoms with van der Waals surface area (Å²) in [7, 11) is 0. The first-order valence-corrected chi connectivity index (χ1v) is 16.3. The molecule has 9 atom stereocenters. The Labute approximate surface area is 246 Å². The lowest BCUT2D eigenvalue weighted by Crippen LogP contribution is -2.55. The van der Waals surface area contributed by atoms with E-state index in [9.17, 15) is 14.7 Å². The zero-order valence-corrected chi connectivity index (χ0v) is 25.6. The molecule has 224 valence electrons. The van der Waals surface area contributed by atoms with E-state index >= 15 is 0 Å². The molecule has 1 N–H and O–H groups in total. The lowest BCUT2D eigenvalue weighted by atomic mass is 9.47. The molecule has 6 rings (SSSR count). The number of piperazine rings is 1. The van der Waals surface area contributed by atoms with Gasteiger partial charge in [0.05, 0.1) is 12.3 Å². The van der Waals surface area contributed by atoms with Crippen molar-refractivity contribution in [1.82, 2.24) is 19.8 Å². The van der Waals surface area contributed by atoms with Crippen LogP contribution in [0.25, 0.3) is 0 Å². The number of nitrogens with zero attached hydrogens (tertiary/aromatic N) is 4. The van der Waals surface area contributed by atoms with Crippen molar-refractivity contribution in [2.75, 3.05) is 19.6 Å². The number of carbonyl (C=O) groups is 2. The summed E-state index contributed by atoms with van der Waals surface area (Å²) in [6.45, 7) is 11.2. The Kier molecular flexibility index (Phi) is 7.80. The van der Waals surface area contributed by atoms with Crippen LogP contribution >= 0.6 is 0 Å². The molecule has 7 nitrogen and oxygen atoms in total. The van der Waals surface area contributed by atoms with Gasteiger partial charge in [-0.05, 0) is 105 Å². The molecule has 7 heteroatoms. The second-order valence-electron chi connectivity index (χ2n) is 14.7. The first-order valence-electron chi connectivity index (χ1n) is 16.3. The molecule has 5 aliphatic rings. The third-order valence-electron chi connectivity index (χ3n) is 12.7. The first kappa shape index (κ1) is 28.8. The van der Waals surface area contributed by atoms with Gasteiger partial charge in [-0.25, -0.2) is 4.98 Å². The molecule has 1 saturated heterocycles. The molecule has 4 fully saturated rings. The Morgan fingerprint density at radius 2 is 1.93 bits per heavy atom. The first-order chi connectivity index (χ1) is 19.6. The van der Waals surface area contributed by atoms with E-state index in [2.05, 4.69) is 36.8 Å². The minimum atomic E-state index is -0.141. The number of fused-ring (bicyclic) bond motifs is 5. The van der Waals surface area contributed by atoms with Gasteiger partial charge >= 0.3 is 0 Å². The molecule has 2 amide bonds. The number of allylic oxidation sites excluding steroid dienone is 1. The zero-order chi connectivity index (χ0) is 28.9. The van der Waals surface area contributed by atoms with Crippen molar-refractivity contribution in [2.45, 2.75) is 104 Å². The predicted octanol–water partition coefficient (Wildman–Crippen LogP) is 5.51. The fourth-order valence-electron chi connectivity index (χ4n) is 10.4. The summed E-state index contributed by atoms with van der Waals surface area (Å²) in [4.78, 5) is 38.2. The van der Waals surface area contributed by atoms with Crippen LogP contribution in [-0.4, -0.2) is 68.5 Å². The maximum atomic E-state index is 13.3. The predicted molar refractivity (Wildman–Crippen MR) is 159 cm³/mol. The monoisotopic (exact) mass is 562 g/mol. The molecule has 0 aromatic carbocycles. The summed E-state index contributed by atoms with van der Waals surface area (Å²) in [5, 5.41) is 10.3. The van der Waals surface area contributed by atoms with Crippen LogP contribution < -0.4 is 0 Å². The molecule has 0 spiro atoms. The number of aliphatic hydroxyl groups excluding tert-OH is 1. The number of carbonyl (C=O) groups excluding carboxylic acids is 2. The highest BCUT2D eigenvalue weighted by Crippen LogP contribution is 2.67. The topological polar surface area (TPSA) is 86.6 Å². The highest BCUT2D eigenvalue weighted by Gasteiger charge is 2.59. The molecule has 0 radical (unpaired) electrons. The van der Waals surface area contributed by atoms with Gasteiger partial charge in [-0.15, -0.1) is 0 Å². The standard InChI is InChI=1S/C34H50N4O3/c1-22(5-10-31(40)37-17-18-38(23(2)21-37)32(41)30-20-35-15-16-36-30)27-8-9-28-26-7-6-24-19-25(39)11-13-33(24,3)29(26)12-14-34(27,28)4/h6,15-16,20,22-23,25-29,39H,5,7-14,17-19,21H2,1-4H3/t22?,23-,25-,26-,27+,28-,29-,33-,34+/m0/s1. The van der Waals surface area contributed by atoms with Crippen LogP contribution in [0.3, 0.4) is 0 Å². The molecule has 1 aromatic rings. The van der Waals surface area contributed by atoms with Gasteiger partial charge < -0.3 is 14.9 Å². The third kappa shape index (κ3) is 5.04. The molecule has 4 aliphatic carbocycles. The van der Waals surface area contributed by atoms with E-state index in [4.69, 9.17) is 0 Å². The zero-order valence-electron chi connectivity index (χ0n) is 25.6. The summed E-state index contributed by atoms with van der Waals surface area (Å²) in [5.74, 6) is 3.68. The lowest BCUT2D eigenvalue weighted by Gasteiger charge is -2.58. The maximum Gasteiger partial charge on any atom is 0.274 e. The Hall–Kier alpha value is -2.28. The number of aliphatic hydroxyl groups is 1. The molecular formula is C34H50N4O3. The lowest BCUT2D eigenvalue weighted by molar-refractivity contribution is -0.134. The van der Waals surface area contributed by atoms with Gasteiger partial charge in [-0.3, -0.25) is 14.6 Å². The van der Waals surface area contributed by atoms with Crippen molar-refractivity contribution in [1.29, 1.82) is 0 Å². The summed E-state index contributed by atoms with van der Waals surface area (Å²) in [6, 6.07) is -0.0383. The van der Waals surface area contributed by atoms with Gasteiger partial charge in [0.15, 0.2) is 0 Å². The Morgan fingerprint density at radius 1 is 1.10 bits per heavy atom. The largest absolute Gasteiger partial charge is 0.393 e. The van der Waals surface area contributed by atoms with E-state index in [0.717, 1.165) is 43.4 Å². The van der Waals surface area contributed by atoms with E-state index in [1.54, 1.807) is 18.0 Å². The van der Waals surface area contributed by atoms with Crippen LogP contribution in [0.15, 0.2) is 30.2 Å². The Balaban J connectivity index is 1.04. The SMILES string of the molecule is CC(CCC(=O)N1CCN(C(=O)c2cnccn2)[C@@H](C)C1)[C@H]1CC[C@H]2[C@@H]3CC=C4C[C@@H](O)CC[C@]4(C)[C@H]3CC[C@]12C. The van der Waals surface area contributed by atoms with Gasteiger partial charge in [0.25, 0.3) is 5.91 Å². The maximum absolute atomic E-state index is 13.3. The highest BCUT2D eigenvalue weighted by atomic mass is 16.3. The average Bonchev–Trinajstić information content (AvgIpc) is 3.33. The van der Waals surface area contributed by atoms with E-state index < -0.39 is 0 Å². The molecule has 3 saturated carbocycles. The van der Waals surface area contributed by atoms with Crippen molar-refractivity contribution in [3.05, 3.63) is 35.9 Å². The van der Waals surface area contributed by atoms with Crippen molar-refractivity contribution in [3.8, 4) is 0 Å². The van der Waals surface area contributed by atoms with Crippen molar-refractivity contribution < 1.29 is 14.7 Å². The van der Waals surface area contributed by atoms with Gasteiger partial charge in [-0.2, -0.15) is 0 Å². The molecule has 0 bridgehead atoms. The van der Waals surface area contributed by atoms with Gasteiger partial charge in [0.1, 0.15) is 5.69 Å². The van der Waals surface area contributed by atoms with Crippen LogP contribution in [0.2, 0.25) is 0 Å². The normalized spacial score (nSPS) is 39.3. The summed E-state index contributed by atoms with van der Waals surface area (Å²) >= 11 is 0. The number of aromatic nitrogens is 2. The van der Waals surface area contributed by atoms with Gasteiger partial charge in [-0.1, -0.05) is 32.4 Å². The Morgan fingerprint density at radius 3 is 2.68 bits per heavy atom. The second-order valence-corrected chi connectivity index (χ2v) is 14.7. The fraction of sp³-hybridized carbons (Fsp3) is 0.765. The quantitative estimate of drug-likeness (QED) is 0.479. The molecule has 41 heavy (non-hydrogen) atoms. The van der Waals surface area contributed by atoms with E-state index in [-0.39, 0.29) is 24.0 Å². The second kappa shape index (κ2) is 11.1. The number of hydrogen-bond donors (Lipinski definition) is 1. The van der Waals surface area contributed by atoms with Crippen molar-refractivity contribution >= 4 is 11.8 Å². The smallest absolute Gasteiger partial charge is 0.274 e. The third-order valence-corrected chi connectivity index (χ3v) is 12.7. The molecule has 1 aliphatic heterocycles. The number of rotatable bonds is 5. The summed E-state index contributed by atoms with van der Waals surface area (Å²) in [6.07, 6.45) is 18.0. The Bertz CT molecular complexity index is 1170. The van der Waals surface area contributed by atoms with Crippen LogP contribution in [0.5, 0.6) is 0 Å². The number of hydrogen-bond acceptors (Lipinski definition) is 5. The molecule has 1 unspecified atom stereocenters. The van der Waals surface area contributed by atoms with Crippen molar-refractivity contribution in [3.63, 3.8) is 0 Å². The summed E-state index contributed by atoms with van der Waals surface area (Å²) in [5.41, 5.74) is 2.58. The van der Waals surface area contributed by atoms with Crippen molar-refractivity contribution in [2.24, 2.45) is 40.4 Å². The fourth-order valence-corrected chi connectivity index (χ4v) is 10.4. The van der Waals surface area contributed by atoms with E-state index in [1.807, 2.05) is 16.7 Å². The average molecular weight is 563 g/mol. The number of amides is 2. The van der Waals surface area contributed by atoms with Gasteiger partial charge in [0.2, 0.25) is 5.91 Å². The van der Waals surface area contributed by atoms with Gasteiger partial charge in [0, 0.05) is 44.5 Å². The van der Waals surface area contributed by atoms with Crippen LogP contribution in [0.4, 0.5) is 0 Å². The molecular weight excluding hydrogens is 512 g/mol. The minimum Gasteiger partial charge on any atom is -0.393 e. The van der Waals surface area contributed by atoms with E-state index in [0.29, 0.717) is 54.4 Å². The highest BCUT2D eigenvalue weighted by molar-refractivity contribution is 5.92. The molecule has 1 aromatic heterocycles. The van der Waals surface area contributed by atoms with Crippen LogP contribution in [0.1, 0.15) is 102 Å². The summed E-state index contributed by atoms with van der Waals surface area (Å²) < 4.78 is 0.